The van der Waals surface area contributed by atoms with E-state index in [1.807, 2.05) is 0 Å². The van der Waals surface area contributed by atoms with Gasteiger partial charge in [-0.15, -0.1) is 0 Å². The molecule has 2 heteroatoms. The van der Waals surface area contributed by atoms with Crippen LogP contribution in [0.2, 0.25) is 0 Å². The van der Waals surface area contributed by atoms with Gasteiger partial charge in [-0.25, -0.2) is 0 Å². The van der Waals surface area contributed by atoms with E-state index in [9.17, 15) is 0 Å². The Bertz CT molecular complexity index is 2510. The van der Waals surface area contributed by atoms with Crippen LogP contribution in [0, 0.1) is 0 Å². The third-order valence-electron chi connectivity index (χ3n) is 9.03. The summed E-state index contributed by atoms with van der Waals surface area (Å²) in [6.45, 7) is 0. The van der Waals surface area contributed by atoms with Crippen LogP contribution in [0.4, 0.5) is 17.1 Å². The number of hydrogen-bond acceptors (Lipinski definition) is 2. The highest BCUT2D eigenvalue weighted by molar-refractivity contribution is 6.22. The van der Waals surface area contributed by atoms with Crippen LogP contribution in [0.3, 0.4) is 0 Å². The Morgan fingerprint density at radius 1 is 0.391 bits per heavy atom. The van der Waals surface area contributed by atoms with Gasteiger partial charge < -0.3 is 9.32 Å². The molecule has 0 saturated heterocycles. The van der Waals surface area contributed by atoms with Crippen LogP contribution in [-0.2, 0) is 0 Å². The van der Waals surface area contributed by atoms with Gasteiger partial charge in [-0.05, 0) is 80.9 Å². The Morgan fingerprint density at radius 3 is 1.85 bits per heavy atom. The second-order valence-corrected chi connectivity index (χ2v) is 11.7. The first-order valence-corrected chi connectivity index (χ1v) is 15.7. The standard InChI is InChI=1S/C44H29NO/c1-3-12-30(13-4-1)32-22-24-33(25-23-32)39-29-40-43-41(20-11-21-42(43)46-44(40)38-19-10-9-18-37(38)39)45(35-16-5-2-6-17-35)36-27-26-31-14-7-8-15-34(31)28-36/h1-29H. The summed E-state index contributed by atoms with van der Waals surface area (Å²) in [7, 11) is 0. The molecule has 46 heavy (non-hydrogen) atoms. The van der Waals surface area contributed by atoms with Gasteiger partial charge in [0.2, 0.25) is 0 Å². The summed E-state index contributed by atoms with van der Waals surface area (Å²) in [6, 6.07) is 62.6. The highest BCUT2D eigenvalue weighted by Crippen LogP contribution is 2.46. The van der Waals surface area contributed by atoms with Gasteiger partial charge in [0.15, 0.2) is 0 Å². The Balaban J connectivity index is 1.30. The summed E-state index contributed by atoms with van der Waals surface area (Å²) in [5.74, 6) is 0. The summed E-state index contributed by atoms with van der Waals surface area (Å²) < 4.78 is 6.74. The van der Waals surface area contributed by atoms with Gasteiger partial charge in [0, 0.05) is 22.1 Å². The molecule has 8 aromatic carbocycles. The van der Waals surface area contributed by atoms with E-state index in [-0.39, 0.29) is 0 Å². The molecule has 216 valence electrons. The highest BCUT2D eigenvalue weighted by atomic mass is 16.3. The van der Waals surface area contributed by atoms with E-state index in [1.54, 1.807) is 0 Å². The molecule has 2 nitrogen and oxygen atoms in total. The maximum absolute atomic E-state index is 6.74. The largest absolute Gasteiger partial charge is 0.455 e. The number of anilines is 3. The number of furan rings is 1. The fraction of sp³-hybridized carbons (Fsp3) is 0. The number of fused-ring (bicyclic) bond motifs is 6. The first-order valence-electron chi connectivity index (χ1n) is 15.7. The zero-order valence-corrected chi connectivity index (χ0v) is 25.1. The molecule has 0 aliphatic rings. The average Bonchev–Trinajstić information content (AvgIpc) is 3.52. The predicted molar refractivity (Wildman–Crippen MR) is 194 cm³/mol. The molecular weight excluding hydrogens is 558 g/mol. The number of hydrogen-bond donors (Lipinski definition) is 0. The fourth-order valence-corrected chi connectivity index (χ4v) is 6.85. The van der Waals surface area contributed by atoms with E-state index < -0.39 is 0 Å². The van der Waals surface area contributed by atoms with Crippen molar-refractivity contribution in [1.29, 1.82) is 0 Å². The lowest BCUT2D eigenvalue weighted by Gasteiger charge is -2.26. The molecule has 0 aliphatic heterocycles. The van der Waals surface area contributed by atoms with Crippen molar-refractivity contribution in [2.75, 3.05) is 4.90 Å². The van der Waals surface area contributed by atoms with Crippen molar-refractivity contribution in [1.82, 2.24) is 0 Å². The molecule has 0 saturated carbocycles. The van der Waals surface area contributed by atoms with Crippen LogP contribution in [0.5, 0.6) is 0 Å². The van der Waals surface area contributed by atoms with E-state index in [0.29, 0.717) is 0 Å². The zero-order valence-electron chi connectivity index (χ0n) is 25.1. The van der Waals surface area contributed by atoms with Crippen molar-refractivity contribution in [3.8, 4) is 22.3 Å². The van der Waals surface area contributed by atoms with Gasteiger partial charge in [0.25, 0.3) is 0 Å². The summed E-state index contributed by atoms with van der Waals surface area (Å²) >= 11 is 0. The second kappa shape index (κ2) is 10.8. The highest BCUT2D eigenvalue weighted by Gasteiger charge is 2.21. The van der Waals surface area contributed by atoms with E-state index >= 15 is 0 Å². The van der Waals surface area contributed by atoms with E-state index in [1.165, 1.54) is 38.4 Å². The van der Waals surface area contributed by atoms with Crippen molar-refractivity contribution >= 4 is 60.5 Å². The van der Waals surface area contributed by atoms with Crippen molar-refractivity contribution in [2.24, 2.45) is 0 Å². The second-order valence-electron chi connectivity index (χ2n) is 11.7. The third kappa shape index (κ3) is 4.35. The number of para-hydroxylation sites is 1. The predicted octanol–water partition coefficient (Wildman–Crippen LogP) is 12.7. The molecule has 0 atom stereocenters. The zero-order chi connectivity index (χ0) is 30.5. The maximum atomic E-state index is 6.74. The minimum absolute atomic E-state index is 0.871. The molecule has 0 amide bonds. The molecule has 9 aromatic rings. The van der Waals surface area contributed by atoms with Crippen molar-refractivity contribution in [2.45, 2.75) is 0 Å². The molecular formula is C44H29NO. The lowest BCUT2D eigenvalue weighted by atomic mass is 9.93. The fourth-order valence-electron chi connectivity index (χ4n) is 6.85. The number of nitrogens with zero attached hydrogens (tertiary/aromatic N) is 1. The Kier molecular flexibility index (Phi) is 6.17. The van der Waals surface area contributed by atoms with E-state index in [4.69, 9.17) is 4.42 Å². The minimum atomic E-state index is 0.871. The molecule has 9 rings (SSSR count). The van der Waals surface area contributed by atoms with Crippen LogP contribution in [0.1, 0.15) is 0 Å². The first-order chi connectivity index (χ1) is 22.8. The molecule has 0 fully saturated rings. The van der Waals surface area contributed by atoms with E-state index in [2.05, 4.69) is 181 Å². The molecule has 1 heterocycles. The molecule has 0 N–H and O–H groups in total. The molecule has 0 radical (unpaired) electrons. The lowest BCUT2D eigenvalue weighted by Crippen LogP contribution is -2.10. The topological polar surface area (TPSA) is 16.4 Å². The Hall–Kier alpha value is -6.12. The molecule has 1 aromatic heterocycles. The van der Waals surface area contributed by atoms with Gasteiger partial charge in [0.1, 0.15) is 11.2 Å². The monoisotopic (exact) mass is 587 g/mol. The first kappa shape index (κ1) is 26.3. The number of rotatable bonds is 5. The Labute approximate surface area is 267 Å². The van der Waals surface area contributed by atoms with Crippen molar-refractivity contribution in [3.05, 3.63) is 176 Å². The quantitative estimate of drug-likeness (QED) is 0.199. The van der Waals surface area contributed by atoms with Gasteiger partial charge in [-0.3, -0.25) is 0 Å². The average molecular weight is 588 g/mol. The van der Waals surface area contributed by atoms with Crippen LogP contribution in [-0.4, -0.2) is 0 Å². The third-order valence-corrected chi connectivity index (χ3v) is 9.03. The summed E-state index contributed by atoms with van der Waals surface area (Å²) in [6.07, 6.45) is 0. The molecule has 0 bridgehead atoms. The molecule has 0 aliphatic carbocycles. The maximum Gasteiger partial charge on any atom is 0.143 e. The summed E-state index contributed by atoms with van der Waals surface area (Å²) in [5, 5.41) is 6.92. The number of benzene rings is 8. The SMILES string of the molecule is c1ccc(-c2ccc(-c3cc4c(oc5cccc(N(c6ccccc6)c6ccc7ccccc7c6)c54)c4ccccc34)cc2)cc1. The minimum Gasteiger partial charge on any atom is -0.455 e. The van der Waals surface area contributed by atoms with Crippen LogP contribution < -0.4 is 4.90 Å². The van der Waals surface area contributed by atoms with E-state index in [0.717, 1.165) is 44.4 Å². The Morgan fingerprint density at radius 2 is 1.04 bits per heavy atom. The molecule has 0 spiro atoms. The van der Waals surface area contributed by atoms with Crippen LogP contribution in [0.25, 0.3) is 65.7 Å². The van der Waals surface area contributed by atoms with Gasteiger partial charge in [-0.2, -0.15) is 0 Å². The van der Waals surface area contributed by atoms with Gasteiger partial charge >= 0.3 is 0 Å². The summed E-state index contributed by atoms with van der Waals surface area (Å²) in [5.41, 5.74) is 9.86. The van der Waals surface area contributed by atoms with Crippen molar-refractivity contribution in [3.63, 3.8) is 0 Å². The van der Waals surface area contributed by atoms with Gasteiger partial charge in [-0.1, -0.05) is 133 Å². The smallest absolute Gasteiger partial charge is 0.143 e. The molecule has 0 unspecified atom stereocenters. The van der Waals surface area contributed by atoms with Gasteiger partial charge in [0.05, 0.1) is 11.1 Å². The summed E-state index contributed by atoms with van der Waals surface area (Å²) in [4.78, 5) is 2.35. The normalized spacial score (nSPS) is 11.5. The van der Waals surface area contributed by atoms with Crippen molar-refractivity contribution < 1.29 is 4.42 Å². The lowest BCUT2D eigenvalue weighted by molar-refractivity contribution is 0.672. The van der Waals surface area contributed by atoms with Crippen LogP contribution >= 0.6 is 0 Å². The van der Waals surface area contributed by atoms with Crippen LogP contribution in [0.15, 0.2) is 180 Å².